The van der Waals surface area contributed by atoms with Crippen molar-refractivity contribution in [2.24, 2.45) is 5.84 Å². The molecule has 4 heteroatoms. The highest BCUT2D eigenvalue weighted by molar-refractivity contribution is 7.99. The van der Waals surface area contributed by atoms with E-state index in [0.29, 0.717) is 5.25 Å². The Bertz CT molecular complexity index is 318. The highest BCUT2D eigenvalue weighted by Crippen LogP contribution is 2.27. The van der Waals surface area contributed by atoms with Crippen LogP contribution >= 0.6 is 11.8 Å². The number of rotatable bonds is 6. The van der Waals surface area contributed by atoms with Crippen molar-refractivity contribution in [1.29, 1.82) is 0 Å². The van der Waals surface area contributed by atoms with Crippen molar-refractivity contribution in [3.8, 4) is 5.75 Å². The minimum Gasteiger partial charge on any atom is -0.496 e. The fraction of sp³-hybridized carbons (Fsp3) is 0.500. The molecule has 1 rings (SSSR count). The number of para-hydroxylation sites is 1. The molecule has 1 unspecified atom stereocenters. The van der Waals surface area contributed by atoms with Crippen LogP contribution in [0.2, 0.25) is 0 Å². The molecular formula is C12H20N2OS. The van der Waals surface area contributed by atoms with Crippen LogP contribution in [-0.4, -0.2) is 18.1 Å². The molecule has 0 saturated heterocycles. The van der Waals surface area contributed by atoms with E-state index in [1.807, 2.05) is 36.0 Å². The standard InChI is InChI=1S/C12H20N2OS/c1-9(2)16-8-11(14-13)10-6-4-5-7-12(10)15-3/h4-7,9,11,14H,8,13H2,1-3H3. The molecule has 0 heterocycles. The van der Waals surface area contributed by atoms with E-state index in [1.54, 1.807) is 7.11 Å². The van der Waals surface area contributed by atoms with Crippen LogP contribution in [0.4, 0.5) is 0 Å². The number of methoxy groups -OCH3 is 1. The predicted octanol–water partition coefficient (Wildman–Crippen LogP) is 2.34. The first-order chi connectivity index (χ1) is 7.69. The Balaban J connectivity index is 2.77. The van der Waals surface area contributed by atoms with Crippen LogP contribution in [0.5, 0.6) is 5.75 Å². The molecule has 16 heavy (non-hydrogen) atoms. The summed E-state index contributed by atoms with van der Waals surface area (Å²) in [6.45, 7) is 4.36. The molecule has 1 aromatic rings. The molecule has 0 spiro atoms. The molecule has 0 aliphatic rings. The molecule has 0 saturated carbocycles. The molecule has 0 fully saturated rings. The van der Waals surface area contributed by atoms with Gasteiger partial charge in [-0.1, -0.05) is 32.0 Å². The van der Waals surface area contributed by atoms with Gasteiger partial charge in [0.1, 0.15) is 5.75 Å². The van der Waals surface area contributed by atoms with Crippen LogP contribution < -0.4 is 16.0 Å². The third-order valence-electron chi connectivity index (χ3n) is 2.31. The molecule has 0 aliphatic heterocycles. The number of hydrazine groups is 1. The Morgan fingerprint density at radius 3 is 2.62 bits per heavy atom. The van der Waals surface area contributed by atoms with Crippen molar-refractivity contribution >= 4 is 11.8 Å². The maximum Gasteiger partial charge on any atom is 0.123 e. The lowest BCUT2D eigenvalue weighted by molar-refractivity contribution is 0.403. The van der Waals surface area contributed by atoms with E-state index < -0.39 is 0 Å². The van der Waals surface area contributed by atoms with Crippen molar-refractivity contribution < 1.29 is 4.74 Å². The van der Waals surface area contributed by atoms with E-state index in [2.05, 4.69) is 19.3 Å². The molecule has 0 bridgehead atoms. The number of thioether (sulfide) groups is 1. The van der Waals surface area contributed by atoms with Crippen molar-refractivity contribution in [2.45, 2.75) is 25.1 Å². The van der Waals surface area contributed by atoms with Gasteiger partial charge in [-0.05, 0) is 11.3 Å². The van der Waals surface area contributed by atoms with Gasteiger partial charge in [-0.2, -0.15) is 11.8 Å². The lowest BCUT2D eigenvalue weighted by atomic mass is 10.1. The number of hydrogen-bond acceptors (Lipinski definition) is 4. The smallest absolute Gasteiger partial charge is 0.123 e. The lowest BCUT2D eigenvalue weighted by Crippen LogP contribution is -2.30. The summed E-state index contributed by atoms with van der Waals surface area (Å²) in [6, 6.07) is 8.10. The summed E-state index contributed by atoms with van der Waals surface area (Å²) < 4.78 is 5.33. The van der Waals surface area contributed by atoms with Gasteiger partial charge in [0.15, 0.2) is 0 Å². The highest BCUT2D eigenvalue weighted by Gasteiger charge is 2.14. The zero-order chi connectivity index (χ0) is 12.0. The molecule has 1 atom stereocenters. The van der Waals surface area contributed by atoms with Gasteiger partial charge in [-0.3, -0.25) is 11.3 Å². The SMILES string of the molecule is COc1ccccc1C(CSC(C)C)NN. The summed E-state index contributed by atoms with van der Waals surface area (Å²) in [5.41, 5.74) is 3.96. The van der Waals surface area contributed by atoms with E-state index >= 15 is 0 Å². The molecule has 3 nitrogen and oxygen atoms in total. The first kappa shape index (κ1) is 13.4. The van der Waals surface area contributed by atoms with Gasteiger partial charge in [-0.25, -0.2) is 0 Å². The van der Waals surface area contributed by atoms with Gasteiger partial charge in [0.25, 0.3) is 0 Å². The van der Waals surface area contributed by atoms with E-state index in [1.165, 1.54) is 0 Å². The summed E-state index contributed by atoms with van der Waals surface area (Å²) in [7, 11) is 1.68. The molecule has 0 radical (unpaired) electrons. The average molecular weight is 240 g/mol. The van der Waals surface area contributed by atoms with Gasteiger partial charge in [-0.15, -0.1) is 0 Å². The van der Waals surface area contributed by atoms with Crippen molar-refractivity contribution in [2.75, 3.05) is 12.9 Å². The van der Waals surface area contributed by atoms with Crippen LogP contribution in [0.3, 0.4) is 0 Å². The minimum absolute atomic E-state index is 0.128. The third kappa shape index (κ3) is 3.70. The monoisotopic (exact) mass is 240 g/mol. The largest absolute Gasteiger partial charge is 0.496 e. The second-order valence-corrected chi connectivity index (χ2v) is 5.45. The normalized spacial score (nSPS) is 12.8. The van der Waals surface area contributed by atoms with Gasteiger partial charge in [0.2, 0.25) is 0 Å². The van der Waals surface area contributed by atoms with Crippen LogP contribution in [-0.2, 0) is 0 Å². The van der Waals surface area contributed by atoms with Crippen molar-refractivity contribution in [1.82, 2.24) is 5.43 Å². The summed E-state index contributed by atoms with van der Waals surface area (Å²) in [5, 5.41) is 0.602. The van der Waals surface area contributed by atoms with Crippen LogP contribution in [0.1, 0.15) is 25.5 Å². The zero-order valence-corrected chi connectivity index (χ0v) is 10.9. The van der Waals surface area contributed by atoms with Crippen LogP contribution in [0, 0.1) is 0 Å². The predicted molar refractivity (Wildman–Crippen MR) is 70.7 cm³/mol. The maximum absolute atomic E-state index is 5.60. The van der Waals surface area contributed by atoms with E-state index in [-0.39, 0.29) is 6.04 Å². The second kappa shape index (κ2) is 6.78. The second-order valence-electron chi connectivity index (χ2n) is 3.84. The van der Waals surface area contributed by atoms with Gasteiger partial charge < -0.3 is 4.74 Å². The van der Waals surface area contributed by atoms with Crippen LogP contribution in [0.15, 0.2) is 24.3 Å². The fourth-order valence-corrected chi connectivity index (χ4v) is 2.32. The zero-order valence-electron chi connectivity index (χ0n) is 10.1. The summed E-state index contributed by atoms with van der Waals surface area (Å²) >= 11 is 1.88. The molecule has 0 aliphatic carbocycles. The topological polar surface area (TPSA) is 47.3 Å². The molecular weight excluding hydrogens is 220 g/mol. The Hall–Kier alpha value is -0.710. The molecule has 1 aromatic carbocycles. The number of benzene rings is 1. The maximum atomic E-state index is 5.60. The lowest BCUT2D eigenvalue weighted by Gasteiger charge is -2.19. The Morgan fingerprint density at radius 2 is 2.06 bits per heavy atom. The molecule has 0 amide bonds. The van der Waals surface area contributed by atoms with Gasteiger partial charge in [0.05, 0.1) is 13.2 Å². The minimum atomic E-state index is 0.128. The van der Waals surface area contributed by atoms with Crippen molar-refractivity contribution in [3.05, 3.63) is 29.8 Å². The quantitative estimate of drug-likeness (QED) is 0.592. The molecule has 90 valence electrons. The van der Waals surface area contributed by atoms with Crippen LogP contribution in [0.25, 0.3) is 0 Å². The Morgan fingerprint density at radius 1 is 1.38 bits per heavy atom. The fourth-order valence-electron chi connectivity index (χ4n) is 1.47. The first-order valence-electron chi connectivity index (χ1n) is 5.39. The number of hydrogen-bond donors (Lipinski definition) is 2. The Kier molecular flexibility index (Phi) is 5.66. The molecule has 3 N–H and O–H groups in total. The summed E-state index contributed by atoms with van der Waals surface area (Å²) in [5.74, 6) is 7.42. The summed E-state index contributed by atoms with van der Waals surface area (Å²) in [6.07, 6.45) is 0. The van der Waals surface area contributed by atoms with Gasteiger partial charge in [0, 0.05) is 11.3 Å². The van der Waals surface area contributed by atoms with Gasteiger partial charge >= 0.3 is 0 Å². The van der Waals surface area contributed by atoms with E-state index in [4.69, 9.17) is 10.6 Å². The Labute approximate surface area is 102 Å². The summed E-state index contributed by atoms with van der Waals surface area (Å²) in [4.78, 5) is 0. The number of ether oxygens (including phenoxy) is 1. The molecule has 0 aromatic heterocycles. The van der Waals surface area contributed by atoms with E-state index in [0.717, 1.165) is 17.1 Å². The number of nitrogens with one attached hydrogen (secondary N) is 1. The van der Waals surface area contributed by atoms with Crippen molar-refractivity contribution in [3.63, 3.8) is 0 Å². The highest BCUT2D eigenvalue weighted by atomic mass is 32.2. The third-order valence-corrected chi connectivity index (χ3v) is 3.50. The first-order valence-corrected chi connectivity index (χ1v) is 6.44. The number of nitrogens with two attached hydrogens (primary N) is 1. The van der Waals surface area contributed by atoms with E-state index in [9.17, 15) is 0 Å². The average Bonchev–Trinajstić information content (AvgIpc) is 2.30.